The van der Waals surface area contributed by atoms with E-state index in [4.69, 9.17) is 0 Å². The molecule has 1 fully saturated rings. The molecule has 0 aromatic heterocycles. The van der Waals surface area contributed by atoms with Crippen molar-refractivity contribution in [3.8, 4) is 0 Å². The van der Waals surface area contributed by atoms with E-state index >= 15 is 0 Å². The molecular formula is C16H25FN2. The second-order valence-corrected chi connectivity index (χ2v) is 5.62. The van der Waals surface area contributed by atoms with Gasteiger partial charge >= 0.3 is 0 Å². The summed E-state index contributed by atoms with van der Waals surface area (Å²) in [6.45, 7) is 8.14. The van der Waals surface area contributed by atoms with Gasteiger partial charge in [0.05, 0.1) is 0 Å². The molecule has 1 aliphatic heterocycles. The van der Waals surface area contributed by atoms with Crippen LogP contribution in [0.1, 0.15) is 33.1 Å². The van der Waals surface area contributed by atoms with Gasteiger partial charge in [0.15, 0.2) is 0 Å². The van der Waals surface area contributed by atoms with Crippen LogP contribution in [0.4, 0.5) is 10.1 Å². The van der Waals surface area contributed by atoms with E-state index in [1.165, 1.54) is 51.0 Å². The molecule has 3 heteroatoms. The summed E-state index contributed by atoms with van der Waals surface area (Å²) in [5, 5.41) is 3.50. The summed E-state index contributed by atoms with van der Waals surface area (Å²) in [5.74, 6) is 0.546. The van der Waals surface area contributed by atoms with Crippen molar-refractivity contribution in [1.82, 2.24) is 4.90 Å². The first-order valence-corrected chi connectivity index (χ1v) is 7.43. The minimum Gasteiger partial charge on any atom is -0.382 e. The molecule has 0 aliphatic carbocycles. The number of likely N-dealkylation sites (tertiary alicyclic amines) is 1. The van der Waals surface area contributed by atoms with E-state index in [0.29, 0.717) is 6.04 Å². The Kier molecular flexibility index (Phi) is 5.20. The molecule has 106 valence electrons. The summed E-state index contributed by atoms with van der Waals surface area (Å²) < 4.78 is 12.9. The highest BCUT2D eigenvalue weighted by Gasteiger charge is 2.23. The molecule has 1 atom stereocenters. The summed E-state index contributed by atoms with van der Waals surface area (Å²) in [4.78, 5) is 2.56. The van der Waals surface area contributed by atoms with Gasteiger partial charge in [-0.2, -0.15) is 0 Å². The van der Waals surface area contributed by atoms with Gasteiger partial charge in [-0.1, -0.05) is 6.92 Å². The van der Waals surface area contributed by atoms with E-state index in [2.05, 4.69) is 24.1 Å². The molecule has 19 heavy (non-hydrogen) atoms. The van der Waals surface area contributed by atoms with E-state index in [1.54, 1.807) is 0 Å². The van der Waals surface area contributed by atoms with Crippen LogP contribution in [0, 0.1) is 11.7 Å². The van der Waals surface area contributed by atoms with E-state index in [0.717, 1.165) is 11.6 Å². The summed E-state index contributed by atoms with van der Waals surface area (Å²) in [6.07, 6.45) is 3.76. The van der Waals surface area contributed by atoms with Crippen LogP contribution in [0.15, 0.2) is 24.3 Å². The average molecular weight is 264 g/mol. The van der Waals surface area contributed by atoms with Crippen LogP contribution in [-0.4, -0.2) is 30.6 Å². The van der Waals surface area contributed by atoms with Crippen molar-refractivity contribution < 1.29 is 4.39 Å². The molecule has 0 spiro atoms. The van der Waals surface area contributed by atoms with E-state index in [1.807, 2.05) is 12.1 Å². The third-order valence-corrected chi connectivity index (χ3v) is 4.12. The number of hydrogen-bond acceptors (Lipinski definition) is 2. The van der Waals surface area contributed by atoms with Crippen LogP contribution < -0.4 is 5.32 Å². The summed E-state index contributed by atoms with van der Waals surface area (Å²) in [6, 6.07) is 7.11. The topological polar surface area (TPSA) is 15.3 Å². The van der Waals surface area contributed by atoms with Crippen LogP contribution in [0.2, 0.25) is 0 Å². The number of anilines is 1. The van der Waals surface area contributed by atoms with E-state index in [9.17, 15) is 4.39 Å². The maximum Gasteiger partial charge on any atom is 0.123 e. The third kappa shape index (κ3) is 4.20. The fourth-order valence-electron chi connectivity index (χ4n) is 2.92. The fraction of sp³-hybridized carbons (Fsp3) is 0.625. The molecule has 1 aliphatic rings. The fourth-order valence-corrected chi connectivity index (χ4v) is 2.92. The molecule has 0 saturated carbocycles. The number of nitrogens with zero attached hydrogens (tertiary/aromatic N) is 1. The second kappa shape index (κ2) is 6.90. The molecule has 2 rings (SSSR count). The molecule has 1 N–H and O–H groups in total. The maximum absolute atomic E-state index is 12.9. The van der Waals surface area contributed by atoms with E-state index in [-0.39, 0.29) is 5.82 Å². The number of nitrogens with one attached hydrogen (secondary N) is 1. The Balaban J connectivity index is 1.81. The first-order chi connectivity index (χ1) is 9.19. The molecule has 1 unspecified atom stereocenters. The van der Waals surface area contributed by atoms with Crippen LogP contribution in [0.5, 0.6) is 0 Å². The third-order valence-electron chi connectivity index (χ3n) is 4.12. The molecular weight excluding hydrogens is 239 g/mol. The Morgan fingerprint density at radius 1 is 1.26 bits per heavy atom. The van der Waals surface area contributed by atoms with Gasteiger partial charge in [-0.05, 0) is 76.0 Å². The lowest BCUT2D eigenvalue weighted by atomic mass is 9.90. The summed E-state index contributed by atoms with van der Waals surface area (Å²) in [7, 11) is 0. The largest absolute Gasteiger partial charge is 0.382 e. The zero-order valence-corrected chi connectivity index (χ0v) is 12.0. The Labute approximate surface area is 116 Å². The van der Waals surface area contributed by atoms with Gasteiger partial charge in [0.1, 0.15) is 5.82 Å². The molecule has 2 nitrogen and oxygen atoms in total. The van der Waals surface area contributed by atoms with Gasteiger partial charge in [0.2, 0.25) is 0 Å². The molecule has 1 aromatic rings. The lowest BCUT2D eigenvalue weighted by molar-refractivity contribution is 0.176. The first-order valence-electron chi connectivity index (χ1n) is 7.43. The maximum atomic E-state index is 12.9. The molecule has 0 amide bonds. The van der Waals surface area contributed by atoms with Gasteiger partial charge < -0.3 is 10.2 Å². The van der Waals surface area contributed by atoms with Crippen LogP contribution in [-0.2, 0) is 0 Å². The standard InChI is InChI=1S/C16H25FN2/c1-3-10-19-11-8-14(9-12-19)13(2)18-16-6-4-15(17)5-7-16/h4-7,13-14,18H,3,8-12H2,1-2H3. The highest BCUT2D eigenvalue weighted by molar-refractivity contribution is 5.43. The van der Waals surface area contributed by atoms with Crippen molar-refractivity contribution in [2.24, 2.45) is 5.92 Å². The van der Waals surface area contributed by atoms with Crippen molar-refractivity contribution >= 4 is 5.69 Å². The normalized spacial score (nSPS) is 19.3. The van der Waals surface area contributed by atoms with Crippen LogP contribution in [0.25, 0.3) is 0 Å². The number of benzene rings is 1. The molecule has 1 heterocycles. The van der Waals surface area contributed by atoms with Gasteiger partial charge in [0, 0.05) is 11.7 Å². The molecule has 1 aromatic carbocycles. The van der Waals surface area contributed by atoms with Gasteiger partial charge in [-0.15, -0.1) is 0 Å². The minimum atomic E-state index is -0.175. The highest BCUT2D eigenvalue weighted by Crippen LogP contribution is 2.23. The lowest BCUT2D eigenvalue weighted by Gasteiger charge is -2.35. The quantitative estimate of drug-likeness (QED) is 0.871. The Bertz CT molecular complexity index is 369. The number of halogens is 1. The molecule has 1 saturated heterocycles. The number of rotatable bonds is 5. The van der Waals surface area contributed by atoms with Gasteiger partial charge in [-0.25, -0.2) is 4.39 Å². The zero-order valence-electron chi connectivity index (χ0n) is 12.0. The summed E-state index contributed by atoms with van der Waals surface area (Å²) >= 11 is 0. The van der Waals surface area contributed by atoms with Gasteiger partial charge in [-0.3, -0.25) is 0 Å². The molecule has 0 radical (unpaired) electrons. The van der Waals surface area contributed by atoms with Crippen LogP contribution in [0.3, 0.4) is 0 Å². The SMILES string of the molecule is CCCN1CCC(C(C)Nc2ccc(F)cc2)CC1. The van der Waals surface area contributed by atoms with E-state index < -0.39 is 0 Å². The lowest BCUT2D eigenvalue weighted by Crippen LogP contribution is -2.39. The minimum absolute atomic E-state index is 0.175. The predicted octanol–water partition coefficient (Wildman–Crippen LogP) is 3.75. The second-order valence-electron chi connectivity index (χ2n) is 5.62. The van der Waals surface area contributed by atoms with Crippen molar-refractivity contribution in [3.05, 3.63) is 30.1 Å². The predicted molar refractivity (Wildman–Crippen MR) is 78.9 cm³/mol. The highest BCUT2D eigenvalue weighted by atomic mass is 19.1. The number of piperidine rings is 1. The van der Waals surface area contributed by atoms with Crippen molar-refractivity contribution in [1.29, 1.82) is 0 Å². The monoisotopic (exact) mass is 264 g/mol. The van der Waals surface area contributed by atoms with Gasteiger partial charge in [0.25, 0.3) is 0 Å². The van der Waals surface area contributed by atoms with Crippen molar-refractivity contribution in [3.63, 3.8) is 0 Å². The Morgan fingerprint density at radius 2 is 1.89 bits per heavy atom. The zero-order chi connectivity index (χ0) is 13.7. The average Bonchev–Trinajstić information content (AvgIpc) is 2.42. The Morgan fingerprint density at radius 3 is 2.47 bits per heavy atom. The van der Waals surface area contributed by atoms with Crippen LogP contribution >= 0.6 is 0 Å². The van der Waals surface area contributed by atoms with Crippen molar-refractivity contribution in [2.45, 2.75) is 39.2 Å². The smallest absolute Gasteiger partial charge is 0.123 e. The molecule has 0 bridgehead atoms. The summed E-state index contributed by atoms with van der Waals surface area (Å²) in [5.41, 5.74) is 1.02. The first kappa shape index (κ1) is 14.3. The number of hydrogen-bond donors (Lipinski definition) is 1. The Hall–Kier alpha value is -1.09. The van der Waals surface area contributed by atoms with Crippen molar-refractivity contribution in [2.75, 3.05) is 25.0 Å².